The van der Waals surface area contributed by atoms with Crippen LogP contribution in [0.5, 0.6) is 0 Å². The lowest BCUT2D eigenvalue weighted by atomic mass is 9.86. The van der Waals surface area contributed by atoms with Crippen molar-refractivity contribution >= 4 is 10.9 Å². The summed E-state index contributed by atoms with van der Waals surface area (Å²) in [6.07, 6.45) is 2.50. The molecule has 2 aromatic heterocycles. The Morgan fingerprint density at radius 3 is 2.67 bits per heavy atom. The highest BCUT2D eigenvalue weighted by Gasteiger charge is 2.41. The van der Waals surface area contributed by atoms with E-state index in [1.807, 2.05) is 0 Å². The average Bonchev–Trinajstić information content (AvgIpc) is 3.20. The number of rotatable bonds is 5. The molecule has 0 aliphatic carbocycles. The Bertz CT molecular complexity index is 1280. The molecule has 11 heteroatoms. The molecule has 2 heterocycles. The SMILES string of the molecule is CC(n1nnc2cccc(F)c2c1=O)C(O)(Cn1cncn1)c1ccc(F)cc1F. The lowest BCUT2D eigenvalue weighted by molar-refractivity contribution is -0.0390. The van der Waals surface area contributed by atoms with Gasteiger partial charge in [-0.05, 0) is 25.1 Å². The van der Waals surface area contributed by atoms with Crippen LogP contribution >= 0.6 is 0 Å². The maximum Gasteiger partial charge on any atom is 0.280 e. The van der Waals surface area contributed by atoms with Crippen molar-refractivity contribution < 1.29 is 18.3 Å². The van der Waals surface area contributed by atoms with E-state index in [4.69, 9.17) is 0 Å². The summed E-state index contributed by atoms with van der Waals surface area (Å²) in [5, 5.41) is 22.8. The number of hydrogen-bond acceptors (Lipinski definition) is 6. The van der Waals surface area contributed by atoms with Gasteiger partial charge in [0.25, 0.3) is 5.56 Å². The van der Waals surface area contributed by atoms with E-state index in [0.29, 0.717) is 6.07 Å². The number of fused-ring (bicyclic) bond motifs is 1. The molecule has 154 valence electrons. The van der Waals surface area contributed by atoms with Gasteiger partial charge in [-0.3, -0.25) is 4.79 Å². The summed E-state index contributed by atoms with van der Waals surface area (Å²) in [4.78, 5) is 16.7. The second kappa shape index (κ2) is 7.34. The molecule has 0 fully saturated rings. The van der Waals surface area contributed by atoms with Gasteiger partial charge < -0.3 is 5.11 Å². The maximum absolute atomic E-state index is 14.6. The van der Waals surface area contributed by atoms with E-state index in [0.717, 1.165) is 22.9 Å². The molecule has 30 heavy (non-hydrogen) atoms. The number of aliphatic hydroxyl groups is 1. The Hall–Kier alpha value is -3.60. The lowest BCUT2D eigenvalue weighted by Gasteiger charge is -2.34. The zero-order valence-electron chi connectivity index (χ0n) is 15.6. The first kappa shape index (κ1) is 19.7. The third kappa shape index (κ3) is 3.22. The first-order valence-electron chi connectivity index (χ1n) is 8.85. The minimum absolute atomic E-state index is 0.0382. The van der Waals surface area contributed by atoms with Crippen LogP contribution in [0.15, 0.2) is 53.8 Å². The summed E-state index contributed by atoms with van der Waals surface area (Å²) < 4.78 is 44.3. The quantitative estimate of drug-likeness (QED) is 0.534. The van der Waals surface area contributed by atoms with Crippen LogP contribution < -0.4 is 5.56 Å². The Morgan fingerprint density at radius 1 is 1.17 bits per heavy atom. The molecule has 8 nitrogen and oxygen atoms in total. The summed E-state index contributed by atoms with van der Waals surface area (Å²) in [5.74, 6) is -2.67. The standard InChI is InChI=1S/C19H15F3N6O2/c1-11(28-18(29)17-14(21)3-2-4-16(17)25-26-28)19(30,8-27-10-23-9-24-27)13-6-5-12(20)7-15(13)22/h2-7,9-11,30H,8H2,1H3. The Kier molecular flexibility index (Phi) is 4.82. The van der Waals surface area contributed by atoms with Gasteiger partial charge in [0.05, 0.1) is 12.6 Å². The molecule has 1 N–H and O–H groups in total. The van der Waals surface area contributed by atoms with Crippen LogP contribution in [-0.4, -0.2) is 34.9 Å². The van der Waals surface area contributed by atoms with Crippen LogP contribution in [-0.2, 0) is 12.1 Å². The normalized spacial score (nSPS) is 14.6. The van der Waals surface area contributed by atoms with Gasteiger partial charge in [-0.15, -0.1) is 5.10 Å². The zero-order valence-corrected chi connectivity index (χ0v) is 15.6. The van der Waals surface area contributed by atoms with Crippen molar-refractivity contribution in [2.24, 2.45) is 0 Å². The third-order valence-corrected chi connectivity index (χ3v) is 4.99. The number of aromatic nitrogens is 6. The van der Waals surface area contributed by atoms with E-state index in [1.54, 1.807) is 0 Å². The monoisotopic (exact) mass is 416 g/mol. The molecule has 2 aromatic carbocycles. The van der Waals surface area contributed by atoms with Gasteiger partial charge in [-0.1, -0.05) is 17.3 Å². The smallest absolute Gasteiger partial charge is 0.280 e. The summed E-state index contributed by atoms with van der Waals surface area (Å²) in [6, 6.07) is 5.32. The molecule has 4 rings (SSSR count). The molecule has 0 aliphatic heterocycles. The van der Waals surface area contributed by atoms with E-state index in [9.17, 15) is 23.1 Å². The minimum Gasteiger partial charge on any atom is -0.381 e. The first-order chi connectivity index (χ1) is 14.3. The second-order valence-corrected chi connectivity index (χ2v) is 6.79. The molecule has 2 unspecified atom stereocenters. The highest BCUT2D eigenvalue weighted by Crippen LogP contribution is 2.35. The van der Waals surface area contributed by atoms with Gasteiger partial charge in [0, 0.05) is 11.6 Å². The van der Waals surface area contributed by atoms with E-state index in [1.165, 1.54) is 36.4 Å². The molecule has 0 spiro atoms. The number of halogens is 3. The highest BCUT2D eigenvalue weighted by atomic mass is 19.1. The Labute approximate surface area is 167 Å². The minimum atomic E-state index is -2.14. The molecule has 0 radical (unpaired) electrons. The number of benzene rings is 2. The topological polar surface area (TPSA) is 98.7 Å². The Balaban J connectivity index is 1.91. The zero-order chi connectivity index (χ0) is 21.5. The fourth-order valence-corrected chi connectivity index (χ4v) is 3.36. The molecular weight excluding hydrogens is 401 g/mol. The predicted octanol–water partition coefficient (Wildman–Crippen LogP) is 1.95. The fraction of sp³-hybridized carbons (Fsp3) is 0.211. The molecule has 0 saturated carbocycles. The van der Waals surface area contributed by atoms with Crippen LogP contribution in [0.4, 0.5) is 13.2 Å². The van der Waals surface area contributed by atoms with Crippen molar-refractivity contribution in [2.45, 2.75) is 25.1 Å². The molecule has 0 amide bonds. The van der Waals surface area contributed by atoms with Crippen molar-refractivity contribution in [3.63, 3.8) is 0 Å². The van der Waals surface area contributed by atoms with Crippen molar-refractivity contribution in [1.82, 2.24) is 29.8 Å². The van der Waals surface area contributed by atoms with Crippen LogP contribution in [0.25, 0.3) is 10.9 Å². The van der Waals surface area contributed by atoms with E-state index in [2.05, 4.69) is 20.4 Å². The van der Waals surface area contributed by atoms with Gasteiger partial charge in [-0.25, -0.2) is 27.5 Å². The van der Waals surface area contributed by atoms with Crippen LogP contribution in [0.2, 0.25) is 0 Å². The van der Waals surface area contributed by atoms with Gasteiger partial charge in [-0.2, -0.15) is 5.10 Å². The molecule has 0 saturated heterocycles. The van der Waals surface area contributed by atoms with Gasteiger partial charge in [0.15, 0.2) is 0 Å². The molecular formula is C19H15F3N6O2. The number of nitrogens with zero attached hydrogens (tertiary/aromatic N) is 6. The second-order valence-electron chi connectivity index (χ2n) is 6.79. The fourth-order valence-electron chi connectivity index (χ4n) is 3.36. The largest absolute Gasteiger partial charge is 0.381 e. The first-order valence-corrected chi connectivity index (χ1v) is 8.85. The summed E-state index contributed by atoms with van der Waals surface area (Å²) in [7, 11) is 0. The van der Waals surface area contributed by atoms with E-state index in [-0.39, 0.29) is 23.0 Å². The average molecular weight is 416 g/mol. The molecule has 0 aliphatic rings. The van der Waals surface area contributed by atoms with E-state index >= 15 is 0 Å². The van der Waals surface area contributed by atoms with Crippen LogP contribution in [0.1, 0.15) is 18.5 Å². The molecule has 4 aromatic rings. The van der Waals surface area contributed by atoms with Gasteiger partial charge in [0.1, 0.15) is 46.6 Å². The summed E-state index contributed by atoms with van der Waals surface area (Å²) in [6.45, 7) is 1.04. The maximum atomic E-state index is 14.6. The van der Waals surface area contributed by atoms with Crippen LogP contribution in [0, 0.1) is 17.5 Å². The Morgan fingerprint density at radius 2 is 1.97 bits per heavy atom. The number of hydrogen-bond donors (Lipinski definition) is 1. The molecule has 0 bridgehead atoms. The predicted molar refractivity (Wildman–Crippen MR) is 98.7 cm³/mol. The summed E-state index contributed by atoms with van der Waals surface area (Å²) >= 11 is 0. The van der Waals surface area contributed by atoms with Crippen molar-refractivity contribution in [1.29, 1.82) is 0 Å². The van der Waals surface area contributed by atoms with Crippen LogP contribution in [0.3, 0.4) is 0 Å². The van der Waals surface area contributed by atoms with Crippen molar-refractivity contribution in [3.05, 3.63) is 82.4 Å². The van der Waals surface area contributed by atoms with Gasteiger partial charge in [0.2, 0.25) is 0 Å². The molecule has 2 atom stereocenters. The third-order valence-electron chi connectivity index (χ3n) is 4.99. The van der Waals surface area contributed by atoms with Crippen molar-refractivity contribution in [3.8, 4) is 0 Å². The van der Waals surface area contributed by atoms with Gasteiger partial charge >= 0.3 is 0 Å². The van der Waals surface area contributed by atoms with Crippen molar-refractivity contribution in [2.75, 3.05) is 0 Å². The van der Waals surface area contributed by atoms with E-state index < -0.39 is 34.7 Å². The summed E-state index contributed by atoms with van der Waals surface area (Å²) in [5.41, 5.74) is -3.25. The lowest BCUT2D eigenvalue weighted by Crippen LogP contribution is -2.44. The highest BCUT2D eigenvalue weighted by molar-refractivity contribution is 5.77.